The molecule has 2 heterocycles. The predicted octanol–water partition coefficient (Wildman–Crippen LogP) is 6.28. The van der Waals surface area contributed by atoms with Crippen molar-refractivity contribution in [1.29, 1.82) is 0 Å². The number of hydrogen-bond acceptors (Lipinski definition) is 2. The number of halogens is 1. The van der Waals surface area contributed by atoms with Crippen molar-refractivity contribution in [2.75, 3.05) is 0 Å². The van der Waals surface area contributed by atoms with Crippen LogP contribution in [0.5, 0.6) is 0 Å². The molecule has 0 aliphatic heterocycles. The van der Waals surface area contributed by atoms with Gasteiger partial charge < -0.3 is 4.98 Å². The molecule has 1 aliphatic rings. The van der Waals surface area contributed by atoms with Crippen molar-refractivity contribution in [3.05, 3.63) is 71.1 Å². The van der Waals surface area contributed by atoms with Crippen LogP contribution in [-0.4, -0.2) is 15.0 Å². The summed E-state index contributed by atoms with van der Waals surface area (Å²) in [6, 6.07) is 16.6. The van der Waals surface area contributed by atoms with E-state index < -0.39 is 0 Å². The largest absolute Gasteiger partial charge is 0.342 e. The Kier molecular flexibility index (Phi) is 4.33. The molecular formula is C23H22ClN3. The molecule has 1 fully saturated rings. The van der Waals surface area contributed by atoms with E-state index in [0.717, 1.165) is 33.8 Å². The minimum Gasteiger partial charge on any atom is -0.342 e. The Hall–Kier alpha value is -2.39. The van der Waals surface area contributed by atoms with E-state index in [-0.39, 0.29) is 0 Å². The van der Waals surface area contributed by atoms with E-state index in [9.17, 15) is 0 Å². The Bertz CT molecular complexity index is 1090. The first kappa shape index (κ1) is 16.8. The van der Waals surface area contributed by atoms with E-state index in [1.807, 2.05) is 24.4 Å². The van der Waals surface area contributed by atoms with Crippen LogP contribution in [0.2, 0.25) is 5.02 Å². The number of pyridine rings is 1. The zero-order valence-electron chi connectivity index (χ0n) is 15.2. The summed E-state index contributed by atoms with van der Waals surface area (Å²) >= 11 is 6.08. The van der Waals surface area contributed by atoms with Crippen LogP contribution >= 0.6 is 11.6 Å². The fourth-order valence-electron chi connectivity index (χ4n) is 4.55. The van der Waals surface area contributed by atoms with E-state index in [1.54, 1.807) is 0 Å². The lowest BCUT2D eigenvalue weighted by Crippen LogP contribution is -2.16. The number of nitrogens with one attached hydrogen (secondary N) is 1. The zero-order valence-corrected chi connectivity index (χ0v) is 15.9. The number of para-hydroxylation sites is 1. The van der Waals surface area contributed by atoms with Crippen LogP contribution in [0.4, 0.5) is 0 Å². The second-order valence-corrected chi connectivity index (χ2v) is 8.12. The van der Waals surface area contributed by atoms with Gasteiger partial charge in [-0.25, -0.2) is 4.98 Å². The zero-order chi connectivity index (χ0) is 18.2. The lowest BCUT2D eigenvalue weighted by atomic mass is 9.77. The topological polar surface area (TPSA) is 41.6 Å². The lowest BCUT2D eigenvalue weighted by Gasteiger charge is -2.29. The predicted molar refractivity (Wildman–Crippen MR) is 111 cm³/mol. The van der Waals surface area contributed by atoms with Crippen molar-refractivity contribution in [1.82, 2.24) is 15.0 Å². The molecule has 2 aromatic carbocycles. The molecular weight excluding hydrogens is 354 g/mol. The minimum absolute atomic E-state index is 0.642. The summed E-state index contributed by atoms with van der Waals surface area (Å²) in [6.07, 6.45) is 7.97. The van der Waals surface area contributed by atoms with Gasteiger partial charge in [-0.1, -0.05) is 29.8 Å². The molecule has 0 radical (unpaired) electrons. The highest BCUT2D eigenvalue weighted by Gasteiger charge is 2.24. The summed E-state index contributed by atoms with van der Waals surface area (Å²) in [4.78, 5) is 12.7. The third-order valence-corrected chi connectivity index (χ3v) is 6.18. The number of imidazole rings is 1. The highest BCUT2D eigenvalue weighted by Crippen LogP contribution is 2.39. The Balaban J connectivity index is 1.29. The Labute approximate surface area is 163 Å². The molecule has 3 nitrogen and oxygen atoms in total. The number of hydrogen-bond donors (Lipinski definition) is 1. The number of benzene rings is 2. The van der Waals surface area contributed by atoms with Gasteiger partial charge in [0.25, 0.3) is 0 Å². The van der Waals surface area contributed by atoms with Gasteiger partial charge in [0.2, 0.25) is 0 Å². The maximum Gasteiger partial charge on any atom is 0.107 e. The fourth-order valence-corrected chi connectivity index (χ4v) is 4.72. The normalized spacial score (nSPS) is 20.3. The number of aromatic nitrogens is 3. The smallest absolute Gasteiger partial charge is 0.107 e. The SMILES string of the molecule is Clc1ccc2[nH]c(C[C@H]3CC[C@H](c4ccnc5ccccc54)CC3)nc2c1. The minimum atomic E-state index is 0.642. The van der Waals surface area contributed by atoms with Crippen LogP contribution in [0, 0.1) is 5.92 Å². The molecule has 0 spiro atoms. The molecule has 136 valence electrons. The van der Waals surface area contributed by atoms with Gasteiger partial charge in [-0.15, -0.1) is 0 Å². The second kappa shape index (κ2) is 6.97. The van der Waals surface area contributed by atoms with Gasteiger partial charge in [0.1, 0.15) is 5.82 Å². The average Bonchev–Trinajstić information content (AvgIpc) is 3.09. The number of fused-ring (bicyclic) bond motifs is 2. The van der Waals surface area contributed by atoms with Crippen LogP contribution in [0.1, 0.15) is 43.0 Å². The van der Waals surface area contributed by atoms with Crippen molar-refractivity contribution < 1.29 is 0 Å². The van der Waals surface area contributed by atoms with E-state index in [2.05, 4.69) is 40.3 Å². The number of aromatic amines is 1. The molecule has 0 unspecified atom stereocenters. The molecule has 1 aliphatic carbocycles. The van der Waals surface area contributed by atoms with Crippen molar-refractivity contribution in [3.63, 3.8) is 0 Å². The molecule has 2 aromatic heterocycles. The van der Waals surface area contributed by atoms with Crippen LogP contribution in [0.3, 0.4) is 0 Å². The molecule has 1 N–H and O–H groups in total. The fraction of sp³-hybridized carbons (Fsp3) is 0.304. The molecule has 1 saturated carbocycles. The third-order valence-electron chi connectivity index (χ3n) is 5.95. The van der Waals surface area contributed by atoms with Gasteiger partial charge in [0.05, 0.1) is 16.6 Å². The summed E-state index contributed by atoms with van der Waals surface area (Å²) in [5.41, 5.74) is 4.62. The monoisotopic (exact) mass is 375 g/mol. The number of H-pyrrole nitrogens is 1. The van der Waals surface area contributed by atoms with Crippen LogP contribution in [-0.2, 0) is 6.42 Å². The Morgan fingerprint density at radius 2 is 1.81 bits per heavy atom. The summed E-state index contributed by atoms with van der Waals surface area (Å²) < 4.78 is 0. The van der Waals surface area contributed by atoms with Gasteiger partial charge in [-0.05, 0) is 73.4 Å². The first-order chi connectivity index (χ1) is 13.3. The van der Waals surface area contributed by atoms with E-state index in [4.69, 9.17) is 16.6 Å². The van der Waals surface area contributed by atoms with E-state index in [0.29, 0.717) is 11.8 Å². The van der Waals surface area contributed by atoms with Crippen LogP contribution in [0.25, 0.3) is 21.9 Å². The van der Waals surface area contributed by atoms with E-state index >= 15 is 0 Å². The van der Waals surface area contributed by atoms with Crippen LogP contribution in [0.15, 0.2) is 54.7 Å². The molecule has 0 amide bonds. The molecule has 0 atom stereocenters. The Morgan fingerprint density at radius 1 is 0.963 bits per heavy atom. The summed E-state index contributed by atoms with van der Waals surface area (Å²) in [6.45, 7) is 0. The lowest BCUT2D eigenvalue weighted by molar-refractivity contribution is 0.322. The van der Waals surface area contributed by atoms with Gasteiger partial charge >= 0.3 is 0 Å². The Morgan fingerprint density at radius 3 is 2.70 bits per heavy atom. The molecule has 0 bridgehead atoms. The van der Waals surface area contributed by atoms with Crippen molar-refractivity contribution in [2.24, 2.45) is 5.92 Å². The van der Waals surface area contributed by atoms with Crippen molar-refractivity contribution in [2.45, 2.75) is 38.0 Å². The van der Waals surface area contributed by atoms with Gasteiger partial charge in [0.15, 0.2) is 0 Å². The first-order valence-electron chi connectivity index (χ1n) is 9.74. The van der Waals surface area contributed by atoms with Gasteiger partial charge in [-0.2, -0.15) is 0 Å². The van der Waals surface area contributed by atoms with E-state index in [1.165, 1.54) is 36.6 Å². The molecule has 4 heteroatoms. The molecule has 5 rings (SSSR count). The summed E-state index contributed by atoms with van der Waals surface area (Å²) in [5, 5.41) is 2.06. The molecule has 27 heavy (non-hydrogen) atoms. The molecule has 0 saturated heterocycles. The highest BCUT2D eigenvalue weighted by atomic mass is 35.5. The maximum atomic E-state index is 6.08. The number of rotatable bonds is 3. The highest BCUT2D eigenvalue weighted by molar-refractivity contribution is 6.31. The van der Waals surface area contributed by atoms with Crippen LogP contribution < -0.4 is 0 Å². The second-order valence-electron chi connectivity index (χ2n) is 7.68. The van der Waals surface area contributed by atoms with Crippen molar-refractivity contribution in [3.8, 4) is 0 Å². The standard InChI is InChI=1S/C23H22ClN3/c24-17-9-10-21-22(14-17)27-23(26-21)13-15-5-7-16(8-6-15)18-11-12-25-20-4-2-1-3-19(18)20/h1-4,9-12,14-16H,5-8,13H2,(H,26,27)/t15-,16-. The summed E-state index contributed by atoms with van der Waals surface area (Å²) in [5.74, 6) is 2.43. The number of nitrogens with zero attached hydrogens (tertiary/aromatic N) is 2. The maximum absolute atomic E-state index is 6.08. The van der Waals surface area contributed by atoms with Gasteiger partial charge in [-0.3, -0.25) is 4.98 Å². The van der Waals surface area contributed by atoms with Crippen molar-refractivity contribution >= 4 is 33.5 Å². The quantitative estimate of drug-likeness (QED) is 0.457. The average molecular weight is 376 g/mol. The first-order valence-corrected chi connectivity index (χ1v) is 10.1. The summed E-state index contributed by atoms with van der Waals surface area (Å²) in [7, 11) is 0. The third kappa shape index (κ3) is 3.32. The van der Waals surface area contributed by atoms with Gasteiger partial charge in [0, 0.05) is 23.0 Å². The molecule has 4 aromatic rings.